The van der Waals surface area contributed by atoms with Crippen molar-refractivity contribution < 1.29 is 19.8 Å². The number of unbranched alkanes of at least 4 members (excludes halogenated alkanes) is 1. The van der Waals surface area contributed by atoms with Gasteiger partial charge in [0.25, 0.3) is 0 Å². The molecule has 0 aromatic rings. The van der Waals surface area contributed by atoms with Crippen molar-refractivity contribution >= 4 is 11.9 Å². The average Bonchev–Trinajstić information content (AvgIpc) is 2.09. The Morgan fingerprint density at radius 3 is 2.43 bits per heavy atom. The van der Waals surface area contributed by atoms with E-state index in [0.29, 0.717) is 6.42 Å². The van der Waals surface area contributed by atoms with E-state index < -0.39 is 17.9 Å². The molecule has 4 nitrogen and oxygen atoms in total. The summed E-state index contributed by atoms with van der Waals surface area (Å²) in [5, 5.41) is 17.1. The number of carboxylic acids is 2. The van der Waals surface area contributed by atoms with Crippen LogP contribution < -0.4 is 0 Å². The van der Waals surface area contributed by atoms with Gasteiger partial charge in [0.1, 0.15) is 0 Å². The first-order valence-electron chi connectivity index (χ1n) is 4.69. The minimum Gasteiger partial charge on any atom is -0.481 e. The van der Waals surface area contributed by atoms with E-state index in [4.69, 9.17) is 10.2 Å². The Morgan fingerprint density at radius 2 is 2.00 bits per heavy atom. The number of aliphatic carboxylic acids is 2. The molecule has 0 spiro atoms. The number of hydrogen-bond acceptors (Lipinski definition) is 2. The molecule has 0 saturated carbocycles. The average molecular weight is 200 g/mol. The Kier molecular flexibility index (Phi) is 6.45. The van der Waals surface area contributed by atoms with Gasteiger partial charge in [-0.25, -0.2) is 0 Å². The van der Waals surface area contributed by atoms with Gasteiger partial charge in [-0.2, -0.15) is 0 Å². The summed E-state index contributed by atoms with van der Waals surface area (Å²) in [6, 6.07) is 0. The maximum atomic E-state index is 10.7. The van der Waals surface area contributed by atoms with Crippen LogP contribution in [0.25, 0.3) is 0 Å². The monoisotopic (exact) mass is 200 g/mol. The van der Waals surface area contributed by atoms with Gasteiger partial charge in [0.15, 0.2) is 0 Å². The first-order valence-corrected chi connectivity index (χ1v) is 4.69. The Balaban J connectivity index is 4.01. The van der Waals surface area contributed by atoms with E-state index in [-0.39, 0.29) is 6.42 Å². The van der Waals surface area contributed by atoms with Crippen LogP contribution in [0.15, 0.2) is 12.2 Å². The highest BCUT2D eigenvalue weighted by atomic mass is 16.4. The Hall–Kier alpha value is -1.32. The van der Waals surface area contributed by atoms with Crippen LogP contribution in [0.4, 0.5) is 0 Å². The Morgan fingerprint density at radius 1 is 1.36 bits per heavy atom. The van der Waals surface area contributed by atoms with Crippen molar-refractivity contribution in [1.82, 2.24) is 0 Å². The lowest BCUT2D eigenvalue weighted by atomic mass is 10.0. The van der Waals surface area contributed by atoms with Crippen LogP contribution in [0.5, 0.6) is 0 Å². The van der Waals surface area contributed by atoms with Crippen LogP contribution in [0.3, 0.4) is 0 Å². The molecular formula is C10H16O4. The highest BCUT2D eigenvalue weighted by Gasteiger charge is 2.12. The van der Waals surface area contributed by atoms with Crippen LogP contribution in [-0.4, -0.2) is 22.2 Å². The Bertz CT molecular complexity index is 220. The van der Waals surface area contributed by atoms with Crippen molar-refractivity contribution in [3.8, 4) is 0 Å². The van der Waals surface area contributed by atoms with Gasteiger partial charge in [-0.3, -0.25) is 9.59 Å². The SMILES string of the molecule is CCCCC(C=CCC(=O)O)C(=O)O. The summed E-state index contributed by atoms with van der Waals surface area (Å²) in [6.07, 6.45) is 5.10. The molecule has 0 rings (SSSR count). The maximum absolute atomic E-state index is 10.7. The van der Waals surface area contributed by atoms with E-state index in [1.807, 2.05) is 6.92 Å². The lowest BCUT2D eigenvalue weighted by molar-refractivity contribution is -0.140. The number of carboxylic acid groups (broad SMARTS) is 2. The molecule has 0 aliphatic rings. The zero-order valence-electron chi connectivity index (χ0n) is 8.27. The van der Waals surface area contributed by atoms with Gasteiger partial charge in [-0.05, 0) is 6.42 Å². The van der Waals surface area contributed by atoms with E-state index in [0.717, 1.165) is 12.8 Å². The maximum Gasteiger partial charge on any atom is 0.310 e. The van der Waals surface area contributed by atoms with E-state index >= 15 is 0 Å². The van der Waals surface area contributed by atoms with E-state index in [1.54, 1.807) is 0 Å². The molecule has 0 bridgehead atoms. The van der Waals surface area contributed by atoms with Crippen LogP contribution in [-0.2, 0) is 9.59 Å². The third-order valence-electron chi connectivity index (χ3n) is 1.85. The van der Waals surface area contributed by atoms with Crippen LogP contribution in [0.1, 0.15) is 32.6 Å². The summed E-state index contributed by atoms with van der Waals surface area (Å²) in [5.74, 6) is -2.38. The molecule has 14 heavy (non-hydrogen) atoms. The Labute approximate surface area is 83.2 Å². The fourth-order valence-electron chi connectivity index (χ4n) is 1.06. The minimum atomic E-state index is -0.944. The summed E-state index contributed by atoms with van der Waals surface area (Å²) < 4.78 is 0. The third-order valence-corrected chi connectivity index (χ3v) is 1.85. The fraction of sp³-hybridized carbons (Fsp3) is 0.600. The van der Waals surface area contributed by atoms with Gasteiger partial charge in [-0.1, -0.05) is 31.9 Å². The molecule has 0 saturated heterocycles. The molecule has 0 heterocycles. The second-order valence-electron chi connectivity index (χ2n) is 3.11. The van der Waals surface area contributed by atoms with Gasteiger partial charge >= 0.3 is 11.9 Å². The molecule has 0 amide bonds. The van der Waals surface area contributed by atoms with Crippen molar-refractivity contribution in [2.24, 2.45) is 5.92 Å². The topological polar surface area (TPSA) is 74.6 Å². The van der Waals surface area contributed by atoms with Crippen molar-refractivity contribution in [2.75, 3.05) is 0 Å². The lowest BCUT2D eigenvalue weighted by Crippen LogP contribution is -2.10. The highest BCUT2D eigenvalue weighted by molar-refractivity contribution is 5.73. The summed E-state index contributed by atoms with van der Waals surface area (Å²) in [4.78, 5) is 20.8. The quantitative estimate of drug-likeness (QED) is 0.615. The fourth-order valence-corrected chi connectivity index (χ4v) is 1.06. The highest BCUT2D eigenvalue weighted by Crippen LogP contribution is 2.10. The predicted molar refractivity (Wildman–Crippen MR) is 52.0 cm³/mol. The van der Waals surface area contributed by atoms with E-state index in [2.05, 4.69) is 0 Å². The molecule has 1 unspecified atom stereocenters. The number of hydrogen-bond donors (Lipinski definition) is 2. The second kappa shape index (κ2) is 7.12. The molecule has 2 N–H and O–H groups in total. The molecule has 0 aromatic heterocycles. The van der Waals surface area contributed by atoms with Gasteiger partial charge < -0.3 is 10.2 Å². The van der Waals surface area contributed by atoms with Crippen molar-refractivity contribution in [1.29, 1.82) is 0 Å². The van der Waals surface area contributed by atoms with Gasteiger partial charge in [0, 0.05) is 0 Å². The van der Waals surface area contributed by atoms with Gasteiger partial charge in [0.05, 0.1) is 12.3 Å². The first kappa shape index (κ1) is 12.7. The molecule has 4 heteroatoms. The minimum absolute atomic E-state index is 0.115. The molecule has 1 atom stereocenters. The van der Waals surface area contributed by atoms with Crippen LogP contribution >= 0.6 is 0 Å². The summed E-state index contributed by atoms with van der Waals surface area (Å²) >= 11 is 0. The molecule has 0 aliphatic heterocycles. The van der Waals surface area contributed by atoms with Crippen molar-refractivity contribution in [2.45, 2.75) is 32.6 Å². The standard InChI is InChI=1S/C10H16O4/c1-2-3-5-8(10(13)14)6-4-7-9(11)12/h4,6,8H,2-3,5,7H2,1H3,(H,11,12)(H,13,14). The largest absolute Gasteiger partial charge is 0.481 e. The first-order chi connectivity index (χ1) is 6.57. The number of carbonyl (C=O) groups is 2. The zero-order valence-corrected chi connectivity index (χ0v) is 8.27. The van der Waals surface area contributed by atoms with Crippen LogP contribution in [0, 0.1) is 5.92 Å². The second-order valence-corrected chi connectivity index (χ2v) is 3.11. The number of rotatable bonds is 7. The summed E-state index contributed by atoms with van der Waals surface area (Å²) in [7, 11) is 0. The predicted octanol–water partition coefficient (Wildman–Crippen LogP) is 1.91. The molecule has 0 radical (unpaired) electrons. The molecule has 0 aliphatic carbocycles. The molecule has 0 aromatic carbocycles. The lowest BCUT2D eigenvalue weighted by Gasteiger charge is -2.05. The summed E-state index contributed by atoms with van der Waals surface area (Å²) in [5.41, 5.74) is 0. The third kappa shape index (κ3) is 6.22. The van der Waals surface area contributed by atoms with E-state index in [9.17, 15) is 9.59 Å². The van der Waals surface area contributed by atoms with Crippen LogP contribution in [0.2, 0.25) is 0 Å². The summed E-state index contributed by atoms with van der Waals surface area (Å²) in [6.45, 7) is 1.99. The van der Waals surface area contributed by atoms with Crippen molar-refractivity contribution in [3.63, 3.8) is 0 Å². The smallest absolute Gasteiger partial charge is 0.310 e. The van der Waals surface area contributed by atoms with Gasteiger partial charge in [0.2, 0.25) is 0 Å². The molecular weight excluding hydrogens is 184 g/mol. The normalized spacial score (nSPS) is 12.9. The zero-order chi connectivity index (χ0) is 11.0. The molecule has 80 valence electrons. The van der Waals surface area contributed by atoms with E-state index in [1.165, 1.54) is 12.2 Å². The molecule has 0 fully saturated rings. The van der Waals surface area contributed by atoms with Crippen molar-refractivity contribution in [3.05, 3.63) is 12.2 Å². The van der Waals surface area contributed by atoms with Gasteiger partial charge in [-0.15, -0.1) is 0 Å².